The minimum Gasteiger partial charge on any atom is -0.431 e. The number of para-hydroxylation sites is 1. The smallest absolute Gasteiger partial charge is 0.313 e. The van der Waals surface area contributed by atoms with Gasteiger partial charge in [0.15, 0.2) is 5.82 Å². The quantitative estimate of drug-likeness (QED) is 0.133. The van der Waals surface area contributed by atoms with Crippen LogP contribution in [0.5, 0.6) is 11.6 Å². The van der Waals surface area contributed by atoms with Gasteiger partial charge in [0.1, 0.15) is 6.20 Å². The summed E-state index contributed by atoms with van der Waals surface area (Å²) in [6, 6.07) is 20.9. The highest BCUT2D eigenvalue weighted by molar-refractivity contribution is 9.10. The van der Waals surface area contributed by atoms with Crippen molar-refractivity contribution >= 4 is 44.4 Å². The zero-order valence-corrected chi connectivity index (χ0v) is 21.3. The topological polar surface area (TPSA) is 156 Å². The van der Waals surface area contributed by atoms with Crippen LogP contribution in [-0.4, -0.2) is 30.7 Å². The molecule has 0 aliphatic rings. The Kier molecular flexibility index (Phi) is 6.89. The van der Waals surface area contributed by atoms with Crippen LogP contribution in [-0.2, 0) is 0 Å². The molecule has 5 rings (SSSR count). The standard InChI is InChI=1S/C26H15BrN6O6/c27-18-12-17(24(22(13-18)33(37)38)39-23-11-10-19(15-28-23)32(35)36)14-29-31-25(16-6-2-1-3-7-16)30-21-9-5-4-8-20(21)26(31)34/h1-15H. The van der Waals surface area contributed by atoms with E-state index in [0.717, 1.165) is 16.9 Å². The fourth-order valence-electron chi connectivity index (χ4n) is 3.71. The molecule has 13 heteroatoms. The number of pyridine rings is 1. The Bertz CT molecular complexity index is 1820. The van der Waals surface area contributed by atoms with Crippen molar-refractivity contribution in [3.8, 4) is 23.0 Å². The lowest BCUT2D eigenvalue weighted by molar-refractivity contribution is -0.385. The summed E-state index contributed by atoms with van der Waals surface area (Å²) in [6.07, 6.45) is 2.21. The zero-order chi connectivity index (χ0) is 27.5. The number of fused-ring (bicyclic) bond motifs is 1. The molecule has 39 heavy (non-hydrogen) atoms. The van der Waals surface area contributed by atoms with E-state index in [9.17, 15) is 25.0 Å². The molecule has 12 nitrogen and oxygen atoms in total. The number of aromatic nitrogens is 3. The second-order valence-corrected chi connectivity index (χ2v) is 8.91. The van der Waals surface area contributed by atoms with Crippen LogP contribution in [0.3, 0.4) is 0 Å². The van der Waals surface area contributed by atoms with Gasteiger partial charge in [0.25, 0.3) is 11.2 Å². The molecule has 0 saturated carbocycles. The van der Waals surface area contributed by atoms with Crippen molar-refractivity contribution in [3.63, 3.8) is 0 Å². The Hall–Kier alpha value is -5.30. The molecule has 2 aromatic heterocycles. The first-order chi connectivity index (χ1) is 18.8. The maximum absolute atomic E-state index is 13.4. The summed E-state index contributed by atoms with van der Waals surface area (Å²) in [6.45, 7) is 0. The number of hydrogen-bond donors (Lipinski definition) is 0. The van der Waals surface area contributed by atoms with Gasteiger partial charge in [-0.15, -0.1) is 0 Å². The largest absolute Gasteiger partial charge is 0.431 e. The van der Waals surface area contributed by atoms with Gasteiger partial charge in [0, 0.05) is 33.8 Å². The third-order valence-corrected chi connectivity index (χ3v) is 5.95. The summed E-state index contributed by atoms with van der Waals surface area (Å²) >= 11 is 3.26. The van der Waals surface area contributed by atoms with E-state index in [1.165, 1.54) is 24.4 Å². The highest BCUT2D eigenvalue weighted by Gasteiger charge is 2.22. The van der Waals surface area contributed by atoms with Gasteiger partial charge in [-0.3, -0.25) is 25.0 Å². The van der Waals surface area contributed by atoms with E-state index in [4.69, 9.17) is 4.74 Å². The first kappa shape index (κ1) is 25.4. The predicted molar refractivity (Wildman–Crippen MR) is 146 cm³/mol. The van der Waals surface area contributed by atoms with E-state index < -0.39 is 21.1 Å². The van der Waals surface area contributed by atoms with Crippen molar-refractivity contribution in [1.29, 1.82) is 0 Å². The molecule has 0 radical (unpaired) electrons. The molecule has 0 spiro atoms. The summed E-state index contributed by atoms with van der Waals surface area (Å²) < 4.78 is 7.17. The molecule has 0 aliphatic carbocycles. The zero-order valence-electron chi connectivity index (χ0n) is 19.7. The summed E-state index contributed by atoms with van der Waals surface area (Å²) in [7, 11) is 0. The Morgan fingerprint density at radius 1 is 0.949 bits per heavy atom. The molecule has 0 aliphatic heterocycles. The lowest BCUT2D eigenvalue weighted by Crippen LogP contribution is -2.20. The van der Waals surface area contributed by atoms with Gasteiger partial charge in [-0.2, -0.15) is 9.78 Å². The van der Waals surface area contributed by atoms with Crippen LogP contribution in [0, 0.1) is 20.2 Å². The van der Waals surface area contributed by atoms with Gasteiger partial charge in [-0.1, -0.05) is 58.4 Å². The molecule has 0 N–H and O–H groups in total. The molecule has 0 bridgehead atoms. The van der Waals surface area contributed by atoms with Crippen molar-refractivity contribution in [2.75, 3.05) is 0 Å². The van der Waals surface area contributed by atoms with Gasteiger partial charge in [-0.25, -0.2) is 9.97 Å². The van der Waals surface area contributed by atoms with E-state index in [0.29, 0.717) is 20.9 Å². The lowest BCUT2D eigenvalue weighted by atomic mass is 10.2. The van der Waals surface area contributed by atoms with E-state index in [-0.39, 0.29) is 28.7 Å². The predicted octanol–water partition coefficient (Wildman–Crippen LogP) is 5.71. The summed E-state index contributed by atoms with van der Waals surface area (Å²) in [5.74, 6) is -0.0777. The number of halogens is 1. The minimum atomic E-state index is -0.651. The number of hydrogen-bond acceptors (Lipinski definition) is 9. The average Bonchev–Trinajstić information content (AvgIpc) is 2.94. The van der Waals surface area contributed by atoms with Gasteiger partial charge in [0.05, 0.1) is 27.0 Å². The average molecular weight is 587 g/mol. The van der Waals surface area contributed by atoms with Crippen LogP contribution in [0.15, 0.2) is 99.4 Å². The first-order valence-electron chi connectivity index (χ1n) is 11.2. The molecule has 0 atom stereocenters. The molecule has 2 heterocycles. The second kappa shape index (κ2) is 10.6. The van der Waals surface area contributed by atoms with Gasteiger partial charge < -0.3 is 4.74 Å². The van der Waals surface area contributed by atoms with Gasteiger partial charge in [-0.05, 0) is 18.2 Å². The van der Waals surface area contributed by atoms with Crippen molar-refractivity contribution in [2.45, 2.75) is 0 Å². The summed E-state index contributed by atoms with van der Waals surface area (Å²) in [5.41, 5.74) is 0.114. The highest BCUT2D eigenvalue weighted by Crippen LogP contribution is 2.37. The first-order valence-corrected chi connectivity index (χ1v) is 12.0. The number of benzene rings is 3. The van der Waals surface area contributed by atoms with E-state index in [2.05, 4.69) is 31.0 Å². The van der Waals surface area contributed by atoms with Crippen molar-refractivity contribution in [2.24, 2.45) is 5.10 Å². The van der Waals surface area contributed by atoms with Crippen LogP contribution in [0.2, 0.25) is 0 Å². The number of nitrogens with zero attached hydrogens (tertiary/aromatic N) is 6. The van der Waals surface area contributed by atoms with Gasteiger partial charge in [0.2, 0.25) is 11.6 Å². The van der Waals surface area contributed by atoms with Crippen LogP contribution in [0.1, 0.15) is 5.56 Å². The Labute approximate surface area is 227 Å². The summed E-state index contributed by atoms with van der Waals surface area (Å²) in [5, 5.41) is 27.5. The number of rotatable bonds is 7. The van der Waals surface area contributed by atoms with Crippen molar-refractivity contribution in [3.05, 3.63) is 126 Å². The molecule has 192 valence electrons. The Morgan fingerprint density at radius 3 is 2.38 bits per heavy atom. The lowest BCUT2D eigenvalue weighted by Gasteiger charge is -2.11. The molecular weight excluding hydrogens is 572 g/mol. The van der Waals surface area contributed by atoms with Crippen LogP contribution < -0.4 is 10.3 Å². The fraction of sp³-hybridized carbons (Fsp3) is 0. The number of nitro benzene ring substituents is 1. The number of ether oxygens (including phenoxy) is 1. The molecule has 3 aromatic carbocycles. The maximum Gasteiger partial charge on any atom is 0.313 e. The maximum atomic E-state index is 13.4. The SMILES string of the molecule is O=c1c2ccccc2nc(-c2ccccc2)n1N=Cc1cc(Br)cc([N+](=O)[O-])c1Oc1ccc([N+](=O)[O-])cn1. The molecule has 5 aromatic rings. The third-order valence-electron chi connectivity index (χ3n) is 5.50. The molecule has 0 fully saturated rings. The Balaban J connectivity index is 1.66. The van der Waals surface area contributed by atoms with Gasteiger partial charge >= 0.3 is 5.69 Å². The van der Waals surface area contributed by atoms with Crippen molar-refractivity contribution < 1.29 is 14.6 Å². The molecular formula is C26H15BrN6O6. The third kappa shape index (κ3) is 5.24. The molecule has 0 saturated heterocycles. The van der Waals surface area contributed by atoms with E-state index >= 15 is 0 Å². The van der Waals surface area contributed by atoms with E-state index in [1.54, 1.807) is 48.5 Å². The normalized spacial score (nSPS) is 11.1. The molecule has 0 amide bonds. The Morgan fingerprint density at radius 2 is 1.69 bits per heavy atom. The second-order valence-electron chi connectivity index (χ2n) is 7.99. The highest BCUT2D eigenvalue weighted by atomic mass is 79.9. The minimum absolute atomic E-state index is 0.116. The molecule has 0 unspecified atom stereocenters. The van der Waals surface area contributed by atoms with Crippen LogP contribution >= 0.6 is 15.9 Å². The van der Waals surface area contributed by atoms with Crippen LogP contribution in [0.25, 0.3) is 22.3 Å². The fourth-order valence-corrected chi connectivity index (χ4v) is 4.18. The van der Waals surface area contributed by atoms with Crippen LogP contribution in [0.4, 0.5) is 11.4 Å². The van der Waals surface area contributed by atoms with Crippen molar-refractivity contribution in [1.82, 2.24) is 14.6 Å². The summed E-state index contributed by atoms with van der Waals surface area (Å²) in [4.78, 5) is 43.5. The number of nitro groups is 2. The van der Waals surface area contributed by atoms with E-state index in [1.807, 2.05) is 6.07 Å². The monoisotopic (exact) mass is 586 g/mol.